The molecule has 5 heteroatoms. The molecule has 26 heavy (non-hydrogen) atoms. The lowest BCUT2D eigenvalue weighted by atomic mass is 9.39. The number of hydrogen-bond acceptors (Lipinski definition) is 4. The van der Waals surface area contributed by atoms with Crippen molar-refractivity contribution < 1.29 is 24.5 Å². The summed E-state index contributed by atoms with van der Waals surface area (Å²) in [5.41, 5.74) is -1.15. The molecule has 6 saturated carbocycles. The van der Waals surface area contributed by atoms with Crippen molar-refractivity contribution in [3.8, 4) is 0 Å². The summed E-state index contributed by atoms with van der Waals surface area (Å²) in [7, 11) is 1.42. The van der Waals surface area contributed by atoms with Crippen LogP contribution in [0.1, 0.15) is 58.8 Å². The smallest absolute Gasteiger partial charge is 0.314 e. The molecule has 0 radical (unpaired) electrons. The number of carboxylic acids is 1. The molecule has 6 rings (SSSR count). The standard InChI is InChI=1S/C21H30O5/c1-18-6-5-15(22)19(2,17(25)26-3)13(18)4-7-20-9-12-11(8-14(18)20)21(12,10-20)16(23)24/h11-15,22H,4-10H2,1-3H3,(H,23,24). The molecule has 0 saturated heterocycles. The summed E-state index contributed by atoms with van der Waals surface area (Å²) in [6, 6.07) is 0. The second kappa shape index (κ2) is 4.65. The van der Waals surface area contributed by atoms with E-state index in [1.54, 1.807) is 0 Å². The maximum atomic E-state index is 12.7. The Balaban J connectivity index is 1.54. The number of aliphatic carboxylic acids is 1. The third kappa shape index (κ3) is 1.56. The number of carboxylic acid groups (broad SMARTS) is 1. The van der Waals surface area contributed by atoms with E-state index < -0.39 is 22.9 Å². The van der Waals surface area contributed by atoms with Gasteiger partial charge in [-0.3, -0.25) is 9.59 Å². The van der Waals surface area contributed by atoms with Gasteiger partial charge in [0.25, 0.3) is 0 Å². The van der Waals surface area contributed by atoms with E-state index in [4.69, 9.17) is 4.74 Å². The van der Waals surface area contributed by atoms with Crippen molar-refractivity contribution in [3.05, 3.63) is 0 Å². The van der Waals surface area contributed by atoms with E-state index in [1.165, 1.54) is 7.11 Å². The first-order chi connectivity index (χ1) is 12.2. The fourth-order valence-corrected chi connectivity index (χ4v) is 8.97. The van der Waals surface area contributed by atoms with Crippen LogP contribution in [0.25, 0.3) is 0 Å². The quantitative estimate of drug-likeness (QED) is 0.738. The molecule has 0 aromatic rings. The molecule has 4 bridgehead atoms. The molecule has 9 unspecified atom stereocenters. The molecule has 0 aromatic heterocycles. The number of aliphatic hydroxyl groups is 1. The highest BCUT2D eigenvalue weighted by atomic mass is 16.5. The van der Waals surface area contributed by atoms with Gasteiger partial charge in [-0.2, -0.15) is 0 Å². The minimum absolute atomic E-state index is 0.0152. The first kappa shape index (κ1) is 17.0. The summed E-state index contributed by atoms with van der Waals surface area (Å²) < 4.78 is 5.13. The minimum Gasteiger partial charge on any atom is -0.481 e. The minimum atomic E-state index is -0.850. The maximum absolute atomic E-state index is 12.7. The summed E-state index contributed by atoms with van der Waals surface area (Å²) in [6.45, 7) is 4.22. The highest BCUT2D eigenvalue weighted by molar-refractivity contribution is 5.81. The lowest BCUT2D eigenvalue weighted by molar-refractivity contribution is -0.212. The molecule has 9 atom stereocenters. The van der Waals surface area contributed by atoms with E-state index in [9.17, 15) is 19.8 Å². The van der Waals surface area contributed by atoms with Crippen LogP contribution in [0.4, 0.5) is 0 Å². The summed E-state index contributed by atoms with van der Waals surface area (Å²) in [6.07, 6.45) is 5.69. The van der Waals surface area contributed by atoms with Crippen LogP contribution in [0.5, 0.6) is 0 Å². The number of methoxy groups -OCH3 is 1. The lowest BCUT2D eigenvalue weighted by Gasteiger charge is -2.65. The van der Waals surface area contributed by atoms with Crippen LogP contribution in [0.2, 0.25) is 0 Å². The summed E-state index contributed by atoms with van der Waals surface area (Å²) in [5.74, 6) is 0.439. The fraction of sp³-hybridized carbons (Fsp3) is 0.905. The monoisotopic (exact) mass is 362 g/mol. The van der Waals surface area contributed by atoms with Crippen molar-refractivity contribution in [3.63, 3.8) is 0 Å². The zero-order valence-electron chi connectivity index (χ0n) is 16.0. The van der Waals surface area contributed by atoms with Gasteiger partial charge in [-0.05, 0) is 86.4 Å². The summed E-state index contributed by atoms with van der Waals surface area (Å²) >= 11 is 0. The predicted octanol–water partition coefficient (Wildman–Crippen LogP) is 2.85. The molecule has 2 N–H and O–H groups in total. The highest BCUT2D eigenvalue weighted by Gasteiger charge is 2.83. The van der Waals surface area contributed by atoms with E-state index in [1.807, 2.05) is 6.92 Å². The molecule has 6 aliphatic carbocycles. The predicted molar refractivity (Wildman–Crippen MR) is 93.0 cm³/mol. The normalized spacial score (nSPS) is 59.2. The van der Waals surface area contributed by atoms with Crippen LogP contribution in [0.15, 0.2) is 0 Å². The second-order valence-electron chi connectivity index (χ2n) is 10.5. The van der Waals surface area contributed by atoms with Gasteiger partial charge in [0, 0.05) is 0 Å². The van der Waals surface area contributed by atoms with Gasteiger partial charge in [-0.15, -0.1) is 0 Å². The van der Waals surface area contributed by atoms with E-state index in [2.05, 4.69) is 6.92 Å². The molecule has 0 aromatic carbocycles. The number of ether oxygens (including phenoxy) is 1. The molecular weight excluding hydrogens is 332 g/mol. The molecule has 144 valence electrons. The van der Waals surface area contributed by atoms with Crippen molar-refractivity contribution in [2.75, 3.05) is 7.11 Å². The maximum Gasteiger partial charge on any atom is 0.314 e. The third-order valence-electron chi connectivity index (χ3n) is 10.1. The van der Waals surface area contributed by atoms with Crippen LogP contribution in [-0.2, 0) is 14.3 Å². The van der Waals surface area contributed by atoms with Crippen LogP contribution >= 0.6 is 0 Å². The Hall–Kier alpha value is -1.10. The molecule has 0 amide bonds. The molecular formula is C21H30O5. The van der Waals surface area contributed by atoms with Gasteiger partial charge in [0.2, 0.25) is 0 Å². The number of aliphatic hydroxyl groups excluding tert-OH is 1. The number of rotatable bonds is 2. The number of hydrogen-bond donors (Lipinski definition) is 2. The van der Waals surface area contributed by atoms with Gasteiger partial charge in [-0.25, -0.2) is 0 Å². The van der Waals surface area contributed by atoms with Crippen LogP contribution in [-0.4, -0.2) is 35.4 Å². The van der Waals surface area contributed by atoms with E-state index >= 15 is 0 Å². The molecule has 0 heterocycles. The van der Waals surface area contributed by atoms with Gasteiger partial charge >= 0.3 is 11.9 Å². The average Bonchev–Trinajstić information content (AvgIpc) is 3.13. The van der Waals surface area contributed by atoms with Crippen LogP contribution in [0.3, 0.4) is 0 Å². The van der Waals surface area contributed by atoms with Gasteiger partial charge in [-0.1, -0.05) is 6.92 Å². The average molecular weight is 362 g/mol. The number of carbonyl (C=O) groups excluding carboxylic acids is 1. The van der Waals surface area contributed by atoms with Crippen molar-refractivity contribution in [2.45, 2.75) is 64.9 Å². The Morgan fingerprint density at radius 1 is 1.08 bits per heavy atom. The van der Waals surface area contributed by atoms with Crippen molar-refractivity contribution >= 4 is 11.9 Å². The second-order valence-corrected chi connectivity index (χ2v) is 10.5. The first-order valence-electron chi connectivity index (χ1n) is 10.2. The number of fused-ring (bicyclic) bond motifs is 1. The zero-order valence-corrected chi connectivity index (χ0v) is 16.0. The molecule has 0 aliphatic heterocycles. The van der Waals surface area contributed by atoms with Crippen molar-refractivity contribution in [2.24, 2.45) is 45.3 Å². The third-order valence-corrected chi connectivity index (χ3v) is 10.1. The Morgan fingerprint density at radius 3 is 2.42 bits per heavy atom. The number of esters is 1. The van der Waals surface area contributed by atoms with Crippen LogP contribution in [0, 0.1) is 45.3 Å². The van der Waals surface area contributed by atoms with Gasteiger partial charge in [0.15, 0.2) is 0 Å². The highest BCUT2D eigenvalue weighted by Crippen LogP contribution is 2.85. The lowest BCUT2D eigenvalue weighted by Crippen LogP contribution is -2.63. The number of carbonyl (C=O) groups is 2. The molecule has 6 aliphatic rings. The van der Waals surface area contributed by atoms with E-state index in [0.29, 0.717) is 24.2 Å². The Labute approximate surface area is 154 Å². The zero-order chi connectivity index (χ0) is 18.7. The van der Waals surface area contributed by atoms with E-state index in [0.717, 1.165) is 38.5 Å². The largest absolute Gasteiger partial charge is 0.481 e. The Morgan fingerprint density at radius 2 is 1.81 bits per heavy atom. The SMILES string of the molecule is COC(=O)C1(C)C(O)CCC2(C)C3CC4C5CC3(CCC21)CC45C(=O)O. The van der Waals surface area contributed by atoms with E-state index in [-0.39, 0.29) is 22.7 Å². The van der Waals surface area contributed by atoms with Gasteiger partial charge in [0.1, 0.15) is 0 Å². The fourth-order valence-electron chi connectivity index (χ4n) is 8.97. The first-order valence-corrected chi connectivity index (χ1v) is 10.2. The van der Waals surface area contributed by atoms with Crippen molar-refractivity contribution in [1.82, 2.24) is 0 Å². The molecule has 1 spiro atoms. The summed E-state index contributed by atoms with van der Waals surface area (Å²) in [4.78, 5) is 24.7. The molecule has 5 nitrogen and oxygen atoms in total. The topological polar surface area (TPSA) is 83.8 Å². The Bertz CT molecular complexity index is 705. The molecule has 6 fully saturated rings. The Kier molecular flexibility index (Phi) is 3.05. The van der Waals surface area contributed by atoms with Gasteiger partial charge in [0.05, 0.1) is 24.0 Å². The van der Waals surface area contributed by atoms with Gasteiger partial charge < -0.3 is 14.9 Å². The van der Waals surface area contributed by atoms with Crippen molar-refractivity contribution in [1.29, 1.82) is 0 Å². The van der Waals surface area contributed by atoms with Crippen LogP contribution < -0.4 is 0 Å². The summed E-state index contributed by atoms with van der Waals surface area (Å²) in [5, 5.41) is 20.6.